The van der Waals surface area contributed by atoms with Crippen LogP contribution in [0.2, 0.25) is 0 Å². The summed E-state index contributed by atoms with van der Waals surface area (Å²) in [6, 6.07) is 16.8. The average molecular weight is 275 g/mol. The van der Waals surface area contributed by atoms with Crippen LogP contribution in [-0.2, 0) is 0 Å². The van der Waals surface area contributed by atoms with E-state index in [1.807, 2.05) is 48.6 Å². The molecule has 0 saturated carbocycles. The van der Waals surface area contributed by atoms with E-state index in [4.69, 9.17) is 5.11 Å². The zero-order chi connectivity index (χ0) is 14.7. The minimum atomic E-state index is -0.932. The van der Waals surface area contributed by atoms with Crippen LogP contribution in [-0.4, -0.2) is 16.1 Å². The van der Waals surface area contributed by atoms with E-state index in [-0.39, 0.29) is 5.56 Å². The Morgan fingerprint density at radius 2 is 1.81 bits per heavy atom. The lowest BCUT2D eigenvalue weighted by Gasteiger charge is -2.03. The number of carboxylic acid groups (broad SMARTS) is 1. The average Bonchev–Trinajstić information content (AvgIpc) is 2.53. The van der Waals surface area contributed by atoms with Crippen LogP contribution in [0.25, 0.3) is 23.1 Å². The minimum absolute atomic E-state index is 0.268. The maximum absolute atomic E-state index is 11.1. The highest BCUT2D eigenvalue weighted by molar-refractivity contribution is 5.97. The Kier molecular flexibility index (Phi) is 3.48. The van der Waals surface area contributed by atoms with E-state index in [0.717, 1.165) is 22.0 Å². The molecule has 0 bridgehead atoms. The van der Waals surface area contributed by atoms with Crippen LogP contribution >= 0.6 is 0 Å². The molecule has 0 amide bonds. The highest BCUT2D eigenvalue weighted by Crippen LogP contribution is 2.20. The quantitative estimate of drug-likeness (QED) is 0.782. The standard InChI is InChI=1S/C18H13NO2/c20-18(21)15-8-9-17-16(12-15)14(10-11-19-17)7-6-13-4-2-1-3-5-13/h1-12H,(H,20,21)/b7-6+. The molecule has 3 heteroatoms. The van der Waals surface area contributed by atoms with Gasteiger partial charge in [-0.25, -0.2) is 4.79 Å². The summed E-state index contributed by atoms with van der Waals surface area (Å²) < 4.78 is 0. The fourth-order valence-corrected chi connectivity index (χ4v) is 2.20. The topological polar surface area (TPSA) is 50.2 Å². The molecule has 0 spiro atoms. The van der Waals surface area contributed by atoms with Crippen molar-refractivity contribution in [2.75, 3.05) is 0 Å². The lowest BCUT2D eigenvalue weighted by molar-refractivity contribution is 0.0697. The number of hydrogen-bond acceptors (Lipinski definition) is 2. The minimum Gasteiger partial charge on any atom is -0.478 e. The second-order valence-corrected chi connectivity index (χ2v) is 4.68. The van der Waals surface area contributed by atoms with Crippen LogP contribution in [0, 0.1) is 0 Å². The molecule has 0 aliphatic rings. The summed E-state index contributed by atoms with van der Waals surface area (Å²) in [5.74, 6) is -0.932. The number of aromatic nitrogens is 1. The number of rotatable bonds is 3. The largest absolute Gasteiger partial charge is 0.478 e. The zero-order valence-electron chi connectivity index (χ0n) is 11.2. The molecule has 21 heavy (non-hydrogen) atoms. The number of fused-ring (bicyclic) bond motifs is 1. The number of pyridine rings is 1. The number of aromatic carboxylic acids is 1. The van der Waals surface area contributed by atoms with E-state index in [1.54, 1.807) is 24.4 Å². The second-order valence-electron chi connectivity index (χ2n) is 4.68. The van der Waals surface area contributed by atoms with Gasteiger partial charge in [-0.1, -0.05) is 42.5 Å². The third-order valence-electron chi connectivity index (χ3n) is 3.28. The summed E-state index contributed by atoms with van der Waals surface area (Å²) in [5.41, 5.74) is 3.10. The Morgan fingerprint density at radius 1 is 1.00 bits per heavy atom. The Morgan fingerprint density at radius 3 is 2.57 bits per heavy atom. The lowest BCUT2D eigenvalue weighted by atomic mass is 10.0. The summed E-state index contributed by atoms with van der Waals surface area (Å²) in [6.07, 6.45) is 5.71. The van der Waals surface area contributed by atoms with E-state index >= 15 is 0 Å². The monoisotopic (exact) mass is 275 g/mol. The Labute approximate surface area is 122 Å². The maximum Gasteiger partial charge on any atom is 0.335 e. The van der Waals surface area contributed by atoms with Crippen molar-refractivity contribution >= 4 is 29.0 Å². The van der Waals surface area contributed by atoms with Crippen molar-refractivity contribution in [3.8, 4) is 0 Å². The zero-order valence-corrected chi connectivity index (χ0v) is 11.2. The van der Waals surface area contributed by atoms with Crippen LogP contribution in [0.1, 0.15) is 21.5 Å². The van der Waals surface area contributed by atoms with Crippen LogP contribution in [0.3, 0.4) is 0 Å². The second kappa shape index (κ2) is 5.59. The van der Waals surface area contributed by atoms with Gasteiger partial charge in [-0.15, -0.1) is 0 Å². The van der Waals surface area contributed by atoms with E-state index in [1.165, 1.54) is 0 Å². The molecule has 1 aromatic heterocycles. The predicted octanol–water partition coefficient (Wildman–Crippen LogP) is 4.10. The van der Waals surface area contributed by atoms with Gasteiger partial charge in [0.2, 0.25) is 0 Å². The van der Waals surface area contributed by atoms with Crippen molar-refractivity contribution < 1.29 is 9.90 Å². The molecule has 0 aliphatic carbocycles. The number of carbonyl (C=O) groups is 1. The van der Waals surface area contributed by atoms with Crippen LogP contribution in [0.5, 0.6) is 0 Å². The molecule has 0 radical (unpaired) electrons. The van der Waals surface area contributed by atoms with Gasteiger partial charge in [0.25, 0.3) is 0 Å². The molecule has 3 rings (SSSR count). The molecule has 0 aliphatic heterocycles. The van der Waals surface area contributed by atoms with Gasteiger partial charge in [-0.05, 0) is 35.4 Å². The fourth-order valence-electron chi connectivity index (χ4n) is 2.20. The summed E-state index contributed by atoms with van der Waals surface area (Å²) in [5, 5.41) is 9.94. The first-order valence-corrected chi connectivity index (χ1v) is 6.59. The van der Waals surface area contributed by atoms with Gasteiger partial charge in [0.1, 0.15) is 0 Å². The summed E-state index contributed by atoms with van der Waals surface area (Å²) in [4.78, 5) is 15.4. The van der Waals surface area contributed by atoms with Crippen LogP contribution < -0.4 is 0 Å². The number of hydrogen-bond donors (Lipinski definition) is 1. The van der Waals surface area contributed by atoms with Crippen molar-refractivity contribution in [2.24, 2.45) is 0 Å². The fraction of sp³-hybridized carbons (Fsp3) is 0. The summed E-state index contributed by atoms with van der Waals surface area (Å²) in [7, 11) is 0. The molecule has 0 atom stereocenters. The third-order valence-corrected chi connectivity index (χ3v) is 3.28. The van der Waals surface area contributed by atoms with Crippen molar-refractivity contribution in [2.45, 2.75) is 0 Å². The molecule has 1 heterocycles. The number of nitrogens with zero attached hydrogens (tertiary/aromatic N) is 1. The van der Waals surface area contributed by atoms with Crippen molar-refractivity contribution in [3.63, 3.8) is 0 Å². The van der Waals surface area contributed by atoms with Crippen LogP contribution in [0.15, 0.2) is 60.8 Å². The highest BCUT2D eigenvalue weighted by atomic mass is 16.4. The van der Waals surface area contributed by atoms with Gasteiger partial charge in [0.15, 0.2) is 0 Å². The normalized spacial score (nSPS) is 11.0. The molecule has 3 nitrogen and oxygen atoms in total. The summed E-state index contributed by atoms with van der Waals surface area (Å²) >= 11 is 0. The van der Waals surface area contributed by atoms with Gasteiger partial charge in [-0.3, -0.25) is 4.98 Å². The van der Waals surface area contributed by atoms with Gasteiger partial charge in [0, 0.05) is 11.6 Å². The van der Waals surface area contributed by atoms with E-state index in [9.17, 15) is 4.79 Å². The van der Waals surface area contributed by atoms with Gasteiger partial charge in [-0.2, -0.15) is 0 Å². The molecule has 0 fully saturated rings. The molecule has 3 aromatic rings. The molecule has 2 aromatic carbocycles. The number of benzene rings is 2. The molecule has 0 saturated heterocycles. The van der Waals surface area contributed by atoms with E-state index < -0.39 is 5.97 Å². The Hall–Kier alpha value is -2.94. The van der Waals surface area contributed by atoms with Gasteiger partial charge in [0.05, 0.1) is 11.1 Å². The lowest BCUT2D eigenvalue weighted by Crippen LogP contribution is -1.96. The Bertz CT molecular complexity index is 823. The highest BCUT2D eigenvalue weighted by Gasteiger charge is 2.06. The first-order chi connectivity index (χ1) is 10.2. The van der Waals surface area contributed by atoms with Crippen LogP contribution in [0.4, 0.5) is 0 Å². The number of carboxylic acids is 1. The van der Waals surface area contributed by atoms with Crippen molar-refractivity contribution in [1.82, 2.24) is 4.98 Å². The first-order valence-electron chi connectivity index (χ1n) is 6.59. The van der Waals surface area contributed by atoms with Crippen molar-refractivity contribution in [3.05, 3.63) is 77.5 Å². The molecular weight excluding hydrogens is 262 g/mol. The van der Waals surface area contributed by atoms with Gasteiger partial charge < -0.3 is 5.11 Å². The van der Waals surface area contributed by atoms with Crippen molar-refractivity contribution in [1.29, 1.82) is 0 Å². The molecule has 0 unspecified atom stereocenters. The Balaban J connectivity index is 2.07. The predicted molar refractivity (Wildman–Crippen MR) is 84.1 cm³/mol. The maximum atomic E-state index is 11.1. The van der Waals surface area contributed by atoms with E-state index in [0.29, 0.717) is 0 Å². The molecular formula is C18H13NO2. The molecule has 102 valence electrons. The van der Waals surface area contributed by atoms with Gasteiger partial charge >= 0.3 is 5.97 Å². The molecule has 1 N–H and O–H groups in total. The first kappa shape index (κ1) is 13.1. The third kappa shape index (κ3) is 2.82. The summed E-state index contributed by atoms with van der Waals surface area (Å²) in [6.45, 7) is 0. The van der Waals surface area contributed by atoms with E-state index in [2.05, 4.69) is 4.98 Å². The SMILES string of the molecule is O=C(O)c1ccc2nccc(/C=C/c3ccccc3)c2c1. The smallest absolute Gasteiger partial charge is 0.335 e.